The zero-order valence-corrected chi connectivity index (χ0v) is 11.3. The van der Waals surface area contributed by atoms with Crippen molar-refractivity contribution in [3.8, 4) is 6.07 Å². The van der Waals surface area contributed by atoms with Crippen LogP contribution in [0.2, 0.25) is 0 Å². The molecular formula is C10H6BrN7O2. The average molecular weight is 336 g/mol. The Balaban J connectivity index is 2.25. The van der Waals surface area contributed by atoms with Crippen molar-refractivity contribution >= 4 is 32.9 Å². The van der Waals surface area contributed by atoms with Crippen LogP contribution in [-0.4, -0.2) is 25.5 Å². The number of benzene rings is 1. The maximum Gasteiger partial charge on any atom is 0.285 e. The molecule has 0 unspecified atom stereocenters. The van der Waals surface area contributed by atoms with Crippen molar-refractivity contribution in [3.05, 3.63) is 44.8 Å². The van der Waals surface area contributed by atoms with E-state index in [1.54, 1.807) is 6.07 Å². The zero-order chi connectivity index (χ0) is 14.5. The molecule has 0 aliphatic rings. The number of nitro benzene ring substituents is 1. The first-order valence-corrected chi connectivity index (χ1v) is 5.95. The Labute approximate surface area is 120 Å². The minimum absolute atomic E-state index is 0.0820. The average Bonchev–Trinajstić information content (AvgIpc) is 2.95. The highest BCUT2D eigenvalue weighted by molar-refractivity contribution is 9.10. The van der Waals surface area contributed by atoms with E-state index in [0.29, 0.717) is 10.2 Å². The summed E-state index contributed by atoms with van der Waals surface area (Å²) < 4.78 is 0.371. The molecule has 0 fully saturated rings. The maximum absolute atomic E-state index is 10.8. The molecule has 0 saturated heterocycles. The number of rotatable bonds is 4. The lowest BCUT2D eigenvalue weighted by Crippen LogP contribution is -1.95. The number of halogens is 1. The van der Waals surface area contributed by atoms with E-state index in [2.05, 4.69) is 41.9 Å². The molecule has 9 nitrogen and oxygen atoms in total. The van der Waals surface area contributed by atoms with Gasteiger partial charge in [0, 0.05) is 18.0 Å². The molecule has 0 aliphatic heterocycles. The van der Waals surface area contributed by atoms with Crippen LogP contribution >= 0.6 is 15.9 Å². The van der Waals surface area contributed by atoms with Crippen LogP contribution < -0.4 is 5.32 Å². The van der Waals surface area contributed by atoms with E-state index in [-0.39, 0.29) is 17.1 Å². The van der Waals surface area contributed by atoms with Gasteiger partial charge in [0.1, 0.15) is 11.6 Å². The van der Waals surface area contributed by atoms with Crippen molar-refractivity contribution < 1.29 is 4.92 Å². The van der Waals surface area contributed by atoms with Crippen LogP contribution in [0, 0.1) is 21.4 Å². The van der Waals surface area contributed by atoms with Crippen LogP contribution in [0.1, 0.15) is 5.82 Å². The third-order valence-corrected chi connectivity index (χ3v) is 2.90. The Hall–Kier alpha value is -2.80. The number of nitrogens with one attached hydrogen (secondary N) is 2. The first-order valence-electron chi connectivity index (χ1n) is 5.16. The predicted octanol–water partition coefficient (Wildman–Crippen LogP) is 1.85. The van der Waals surface area contributed by atoms with Gasteiger partial charge in [-0.15, -0.1) is 10.2 Å². The molecule has 0 aliphatic carbocycles. The summed E-state index contributed by atoms with van der Waals surface area (Å²) in [6.07, 6.45) is 1.35. The van der Waals surface area contributed by atoms with Gasteiger partial charge in [-0.1, -0.05) is 0 Å². The van der Waals surface area contributed by atoms with Gasteiger partial charge >= 0.3 is 0 Å². The Morgan fingerprint density at radius 3 is 3.00 bits per heavy atom. The number of nitro groups is 1. The molecule has 1 aromatic heterocycles. The topological polar surface area (TPSA) is 133 Å². The quantitative estimate of drug-likeness (QED) is 0.494. The lowest BCUT2D eigenvalue weighted by atomic mass is 10.2. The fourth-order valence-electron chi connectivity index (χ4n) is 1.32. The number of anilines is 1. The molecule has 0 spiro atoms. The molecular weight excluding hydrogens is 330 g/mol. The molecule has 1 aromatic carbocycles. The second kappa shape index (κ2) is 5.89. The van der Waals surface area contributed by atoms with Crippen LogP contribution in [0.15, 0.2) is 28.9 Å². The molecule has 100 valence electrons. The number of hydrogen-bond donors (Lipinski definition) is 2. The van der Waals surface area contributed by atoms with E-state index in [0.717, 1.165) is 0 Å². The summed E-state index contributed by atoms with van der Waals surface area (Å²) in [6.45, 7) is 0. The molecule has 20 heavy (non-hydrogen) atoms. The van der Waals surface area contributed by atoms with E-state index >= 15 is 0 Å². The molecule has 10 heteroatoms. The van der Waals surface area contributed by atoms with Crippen LogP contribution in [-0.2, 0) is 0 Å². The summed E-state index contributed by atoms with van der Waals surface area (Å²) >= 11 is 3.09. The highest BCUT2D eigenvalue weighted by atomic mass is 79.9. The summed E-state index contributed by atoms with van der Waals surface area (Å²) in [6, 6.07) is 6.39. The summed E-state index contributed by atoms with van der Waals surface area (Å²) in [5.41, 5.74) is 0.516. The molecule has 0 atom stereocenters. The zero-order valence-electron chi connectivity index (χ0n) is 9.74. The normalized spacial score (nSPS) is 10.9. The van der Waals surface area contributed by atoms with Crippen molar-refractivity contribution in [1.82, 2.24) is 20.6 Å². The molecule has 2 N–H and O–H groups in total. The maximum atomic E-state index is 10.8. The predicted molar refractivity (Wildman–Crippen MR) is 72.2 cm³/mol. The van der Waals surface area contributed by atoms with Crippen molar-refractivity contribution in [3.63, 3.8) is 0 Å². The fraction of sp³-hybridized carbons (Fsp3) is 0. The van der Waals surface area contributed by atoms with Crippen molar-refractivity contribution in [2.75, 3.05) is 5.32 Å². The second-order valence-corrected chi connectivity index (χ2v) is 4.33. The van der Waals surface area contributed by atoms with Crippen LogP contribution in [0.3, 0.4) is 0 Å². The number of aromatic amines is 1. The Kier molecular flexibility index (Phi) is 4.02. The van der Waals surface area contributed by atoms with Gasteiger partial charge in [0.25, 0.3) is 5.69 Å². The summed E-state index contributed by atoms with van der Waals surface area (Å²) in [7, 11) is 0. The number of tetrazole rings is 1. The van der Waals surface area contributed by atoms with E-state index in [4.69, 9.17) is 5.26 Å². The number of H-pyrrole nitrogens is 1. The van der Waals surface area contributed by atoms with Crippen LogP contribution in [0.4, 0.5) is 11.4 Å². The number of nitriles is 1. The molecule has 2 rings (SSSR count). The lowest BCUT2D eigenvalue weighted by Gasteiger charge is -2.02. The Morgan fingerprint density at radius 1 is 1.60 bits per heavy atom. The van der Waals surface area contributed by atoms with Gasteiger partial charge in [-0.05, 0) is 33.3 Å². The third kappa shape index (κ3) is 2.96. The van der Waals surface area contributed by atoms with Crippen molar-refractivity contribution in [2.24, 2.45) is 0 Å². The van der Waals surface area contributed by atoms with Crippen LogP contribution in [0.5, 0.6) is 0 Å². The van der Waals surface area contributed by atoms with Crippen LogP contribution in [0.25, 0.3) is 5.57 Å². The molecule has 0 amide bonds. The SMILES string of the molecule is N#CC(=CNc1ccc(Br)c([N+](=O)[O-])c1)c1nn[nH]n1. The van der Waals surface area contributed by atoms with Crippen molar-refractivity contribution in [2.45, 2.75) is 0 Å². The van der Waals surface area contributed by atoms with Gasteiger partial charge in [-0.2, -0.15) is 10.5 Å². The standard InChI is InChI=1S/C10H6BrN7O2/c11-8-2-1-7(3-9(8)18(19)20)13-5-6(4-12)10-14-16-17-15-10/h1-3,5,13H,(H,14,15,16,17). The fourth-order valence-corrected chi connectivity index (χ4v) is 1.71. The van der Waals surface area contributed by atoms with Gasteiger partial charge in [-0.25, -0.2) is 0 Å². The second-order valence-electron chi connectivity index (χ2n) is 3.47. The Morgan fingerprint density at radius 2 is 2.40 bits per heavy atom. The molecule has 2 aromatic rings. The Bertz CT molecular complexity index is 705. The smallest absolute Gasteiger partial charge is 0.285 e. The monoisotopic (exact) mass is 335 g/mol. The first-order chi connectivity index (χ1) is 9.61. The summed E-state index contributed by atoms with van der Waals surface area (Å²) in [5, 5.41) is 35.4. The number of allylic oxidation sites excluding steroid dienone is 1. The third-order valence-electron chi connectivity index (χ3n) is 2.23. The van der Waals surface area contributed by atoms with Gasteiger partial charge in [0.05, 0.1) is 9.40 Å². The molecule has 0 saturated carbocycles. The van der Waals surface area contributed by atoms with Gasteiger partial charge in [0.2, 0.25) is 5.82 Å². The number of aromatic nitrogens is 4. The van der Waals surface area contributed by atoms with E-state index in [1.165, 1.54) is 18.3 Å². The van der Waals surface area contributed by atoms with Gasteiger partial charge < -0.3 is 5.32 Å². The van der Waals surface area contributed by atoms with Gasteiger partial charge in [-0.3, -0.25) is 10.1 Å². The number of nitrogens with zero attached hydrogens (tertiary/aromatic N) is 5. The summed E-state index contributed by atoms with van der Waals surface area (Å²) in [5.74, 6) is 0.131. The molecule has 0 radical (unpaired) electrons. The minimum atomic E-state index is -0.511. The minimum Gasteiger partial charge on any atom is -0.360 e. The van der Waals surface area contributed by atoms with E-state index in [9.17, 15) is 10.1 Å². The highest BCUT2D eigenvalue weighted by Gasteiger charge is 2.12. The largest absolute Gasteiger partial charge is 0.360 e. The van der Waals surface area contributed by atoms with E-state index in [1.807, 2.05) is 6.07 Å². The molecule has 1 heterocycles. The lowest BCUT2D eigenvalue weighted by molar-refractivity contribution is -0.385. The van der Waals surface area contributed by atoms with E-state index < -0.39 is 4.92 Å². The van der Waals surface area contributed by atoms with Gasteiger partial charge in [0.15, 0.2) is 0 Å². The van der Waals surface area contributed by atoms with Crippen molar-refractivity contribution in [1.29, 1.82) is 5.26 Å². The molecule has 0 bridgehead atoms. The summed E-state index contributed by atoms with van der Waals surface area (Å²) in [4.78, 5) is 10.3. The number of hydrogen-bond acceptors (Lipinski definition) is 7. The highest BCUT2D eigenvalue weighted by Crippen LogP contribution is 2.27. The first kappa shape index (κ1) is 13.6.